The monoisotopic (exact) mass is 357 g/mol. The summed E-state index contributed by atoms with van der Waals surface area (Å²) in [5, 5.41) is 0.257. The van der Waals surface area contributed by atoms with Gasteiger partial charge in [0.05, 0.1) is 11.3 Å². The van der Waals surface area contributed by atoms with Crippen molar-refractivity contribution in [3.63, 3.8) is 0 Å². The van der Waals surface area contributed by atoms with Crippen LogP contribution in [-0.2, 0) is 11.0 Å². The summed E-state index contributed by atoms with van der Waals surface area (Å²) >= 11 is 7.41. The lowest BCUT2D eigenvalue weighted by Crippen LogP contribution is -2.27. The highest BCUT2D eigenvalue weighted by Gasteiger charge is 2.35. The van der Waals surface area contributed by atoms with E-state index in [2.05, 4.69) is 0 Å². The fourth-order valence-electron chi connectivity index (χ4n) is 2.42. The van der Waals surface area contributed by atoms with Crippen LogP contribution in [0.5, 0.6) is 0 Å². The van der Waals surface area contributed by atoms with Gasteiger partial charge in [-0.25, -0.2) is 0 Å². The van der Waals surface area contributed by atoms with Crippen molar-refractivity contribution < 1.29 is 18.0 Å². The van der Waals surface area contributed by atoms with Crippen LogP contribution < -0.4 is 4.90 Å². The molecular weight excluding hydrogens is 347 g/mol. The standard InChI is InChI=1S/C16H11ClF3NOS/c17-12-3-1-2-10(8-12)15-21(14(22)9-23-15)13-6-4-11(5-7-13)16(18,19)20/h1-8,15H,9H2. The molecule has 120 valence electrons. The summed E-state index contributed by atoms with van der Waals surface area (Å²) in [7, 11) is 0. The van der Waals surface area contributed by atoms with Crippen molar-refractivity contribution in [3.05, 3.63) is 64.7 Å². The lowest BCUT2D eigenvalue weighted by atomic mass is 10.1. The number of anilines is 1. The van der Waals surface area contributed by atoms with Crippen LogP contribution in [-0.4, -0.2) is 11.7 Å². The molecular formula is C16H11ClF3NOS. The minimum atomic E-state index is -4.39. The molecule has 0 bridgehead atoms. The van der Waals surface area contributed by atoms with Crippen LogP contribution in [0.3, 0.4) is 0 Å². The fraction of sp³-hybridized carbons (Fsp3) is 0.188. The average molecular weight is 358 g/mol. The summed E-state index contributed by atoms with van der Waals surface area (Å²) in [6.07, 6.45) is -4.39. The van der Waals surface area contributed by atoms with E-state index < -0.39 is 11.7 Å². The maximum Gasteiger partial charge on any atom is 0.416 e. The third kappa shape index (κ3) is 3.33. The summed E-state index contributed by atoms with van der Waals surface area (Å²) < 4.78 is 38.0. The Hall–Kier alpha value is -1.66. The number of alkyl halides is 3. The number of benzene rings is 2. The molecule has 1 fully saturated rings. The molecule has 1 atom stereocenters. The summed E-state index contributed by atoms with van der Waals surface area (Å²) in [5.41, 5.74) is 0.547. The van der Waals surface area contributed by atoms with Crippen molar-refractivity contribution >= 4 is 35.0 Å². The molecule has 0 aromatic heterocycles. The summed E-state index contributed by atoms with van der Waals surface area (Å²) in [4.78, 5) is 13.7. The quantitative estimate of drug-likeness (QED) is 0.742. The zero-order chi connectivity index (χ0) is 16.6. The number of nitrogens with zero attached hydrogens (tertiary/aromatic N) is 1. The highest BCUT2D eigenvalue weighted by molar-refractivity contribution is 8.00. The van der Waals surface area contributed by atoms with Gasteiger partial charge in [0.2, 0.25) is 5.91 Å². The average Bonchev–Trinajstić information content (AvgIpc) is 2.88. The molecule has 1 aliphatic rings. The topological polar surface area (TPSA) is 20.3 Å². The smallest absolute Gasteiger partial charge is 0.295 e. The van der Waals surface area contributed by atoms with Crippen LogP contribution in [0, 0.1) is 0 Å². The second-order valence-electron chi connectivity index (χ2n) is 5.03. The lowest BCUT2D eigenvalue weighted by molar-refractivity contribution is -0.137. The molecule has 1 amide bonds. The lowest BCUT2D eigenvalue weighted by Gasteiger charge is -2.24. The van der Waals surface area contributed by atoms with E-state index in [1.54, 1.807) is 18.2 Å². The van der Waals surface area contributed by atoms with Gasteiger partial charge in [-0.05, 0) is 42.0 Å². The highest BCUT2D eigenvalue weighted by Crippen LogP contribution is 2.42. The number of carbonyl (C=O) groups excluding carboxylic acids is 1. The molecule has 2 aromatic carbocycles. The summed E-state index contributed by atoms with van der Waals surface area (Å²) in [6.45, 7) is 0. The molecule has 2 aromatic rings. The first-order valence-electron chi connectivity index (χ1n) is 6.72. The van der Waals surface area contributed by atoms with Crippen molar-refractivity contribution in [1.29, 1.82) is 0 Å². The van der Waals surface area contributed by atoms with Crippen molar-refractivity contribution in [2.75, 3.05) is 10.7 Å². The van der Waals surface area contributed by atoms with Crippen LogP contribution in [0.25, 0.3) is 0 Å². The third-order valence-electron chi connectivity index (χ3n) is 3.47. The van der Waals surface area contributed by atoms with Gasteiger partial charge in [-0.1, -0.05) is 23.7 Å². The number of hydrogen-bond acceptors (Lipinski definition) is 2. The zero-order valence-corrected chi connectivity index (χ0v) is 13.3. The van der Waals surface area contributed by atoms with Gasteiger partial charge in [-0.15, -0.1) is 11.8 Å². The van der Waals surface area contributed by atoms with Gasteiger partial charge in [0, 0.05) is 10.7 Å². The normalized spacial score (nSPS) is 18.5. The molecule has 1 unspecified atom stereocenters. The van der Waals surface area contributed by atoms with Gasteiger partial charge in [-0.2, -0.15) is 13.2 Å². The number of thioether (sulfide) groups is 1. The van der Waals surface area contributed by atoms with E-state index in [-0.39, 0.29) is 17.0 Å². The Balaban J connectivity index is 1.94. The number of hydrogen-bond donors (Lipinski definition) is 0. The second-order valence-corrected chi connectivity index (χ2v) is 6.53. The second kappa shape index (κ2) is 6.09. The largest absolute Gasteiger partial charge is 0.416 e. The van der Waals surface area contributed by atoms with E-state index in [1.807, 2.05) is 6.07 Å². The van der Waals surface area contributed by atoms with Crippen LogP contribution in [0.4, 0.5) is 18.9 Å². The molecule has 1 aliphatic heterocycles. The molecule has 0 radical (unpaired) electrons. The first-order chi connectivity index (χ1) is 10.9. The molecule has 0 N–H and O–H groups in total. The molecule has 23 heavy (non-hydrogen) atoms. The van der Waals surface area contributed by atoms with E-state index in [4.69, 9.17) is 11.6 Å². The van der Waals surface area contributed by atoms with Crippen molar-refractivity contribution in [2.45, 2.75) is 11.6 Å². The molecule has 1 saturated heterocycles. The number of halogens is 4. The highest BCUT2D eigenvalue weighted by atomic mass is 35.5. The number of rotatable bonds is 2. The van der Waals surface area contributed by atoms with Crippen LogP contribution in [0.1, 0.15) is 16.5 Å². The van der Waals surface area contributed by atoms with E-state index >= 15 is 0 Å². The minimum Gasteiger partial charge on any atom is -0.295 e. The molecule has 7 heteroatoms. The number of amides is 1. The van der Waals surface area contributed by atoms with E-state index in [0.29, 0.717) is 10.7 Å². The van der Waals surface area contributed by atoms with Gasteiger partial charge in [0.25, 0.3) is 0 Å². The third-order valence-corrected chi connectivity index (χ3v) is 4.92. The predicted molar refractivity (Wildman–Crippen MR) is 85.6 cm³/mol. The van der Waals surface area contributed by atoms with Gasteiger partial charge in [0.15, 0.2) is 0 Å². The minimum absolute atomic E-state index is 0.139. The Bertz CT molecular complexity index is 733. The molecule has 0 spiro atoms. The van der Waals surface area contributed by atoms with Gasteiger partial charge in [0.1, 0.15) is 5.37 Å². The van der Waals surface area contributed by atoms with Crippen LogP contribution >= 0.6 is 23.4 Å². The summed E-state index contributed by atoms with van der Waals surface area (Å²) in [5.74, 6) is 0.137. The maximum absolute atomic E-state index is 12.7. The van der Waals surface area contributed by atoms with E-state index in [0.717, 1.165) is 17.7 Å². The van der Waals surface area contributed by atoms with E-state index in [9.17, 15) is 18.0 Å². The Morgan fingerprint density at radius 1 is 1.13 bits per heavy atom. The first kappa shape index (κ1) is 16.2. The van der Waals surface area contributed by atoms with Crippen molar-refractivity contribution in [1.82, 2.24) is 0 Å². The Labute approximate surface area is 140 Å². The summed E-state index contributed by atoms with van der Waals surface area (Å²) in [6, 6.07) is 11.7. The van der Waals surface area contributed by atoms with Crippen molar-refractivity contribution in [3.8, 4) is 0 Å². The molecule has 3 rings (SSSR count). The first-order valence-corrected chi connectivity index (χ1v) is 8.15. The molecule has 2 nitrogen and oxygen atoms in total. The van der Waals surface area contributed by atoms with E-state index in [1.165, 1.54) is 28.8 Å². The fourth-order valence-corrected chi connectivity index (χ4v) is 3.79. The van der Waals surface area contributed by atoms with Crippen LogP contribution in [0.15, 0.2) is 48.5 Å². The van der Waals surface area contributed by atoms with Gasteiger partial charge < -0.3 is 0 Å². The Morgan fingerprint density at radius 3 is 2.43 bits per heavy atom. The van der Waals surface area contributed by atoms with Crippen molar-refractivity contribution in [2.24, 2.45) is 0 Å². The molecule has 0 saturated carbocycles. The number of carbonyl (C=O) groups is 1. The maximum atomic E-state index is 12.7. The molecule has 0 aliphatic carbocycles. The Kier molecular flexibility index (Phi) is 4.29. The zero-order valence-electron chi connectivity index (χ0n) is 11.7. The molecule has 1 heterocycles. The SMILES string of the molecule is O=C1CSC(c2cccc(Cl)c2)N1c1ccc(C(F)(F)F)cc1. The predicted octanol–water partition coefficient (Wildman–Crippen LogP) is 5.14. The van der Waals surface area contributed by atoms with Gasteiger partial charge in [-0.3, -0.25) is 9.69 Å². The Morgan fingerprint density at radius 2 is 1.83 bits per heavy atom. The van der Waals surface area contributed by atoms with Crippen LogP contribution in [0.2, 0.25) is 5.02 Å². The van der Waals surface area contributed by atoms with Gasteiger partial charge >= 0.3 is 6.18 Å².